The van der Waals surface area contributed by atoms with Gasteiger partial charge in [-0.1, -0.05) is 54.6 Å². The maximum atomic E-state index is 2.61. The molecule has 0 spiro atoms. The van der Waals surface area contributed by atoms with Crippen molar-refractivity contribution < 1.29 is 0 Å². The Morgan fingerprint density at radius 2 is 1.00 bits per heavy atom. The molecule has 252 valence electrons. The zero-order chi connectivity index (χ0) is 34.8. The van der Waals surface area contributed by atoms with Crippen molar-refractivity contribution in [2.75, 3.05) is 9.80 Å². The van der Waals surface area contributed by atoms with E-state index in [1.54, 1.807) is 11.1 Å². The van der Waals surface area contributed by atoms with Crippen molar-refractivity contribution in [1.29, 1.82) is 0 Å². The minimum atomic E-state index is 0.173. The maximum absolute atomic E-state index is 2.61. The van der Waals surface area contributed by atoms with E-state index in [9.17, 15) is 0 Å². The normalized spacial score (nSPS) is 20.6. The monoisotopic (exact) mass is 654 g/mol. The van der Waals surface area contributed by atoms with Crippen LogP contribution in [-0.2, 0) is 0 Å². The molecule has 0 bridgehead atoms. The summed E-state index contributed by atoms with van der Waals surface area (Å²) >= 11 is 0. The van der Waals surface area contributed by atoms with Crippen molar-refractivity contribution in [1.82, 2.24) is 0 Å². The third-order valence-corrected chi connectivity index (χ3v) is 12.2. The fourth-order valence-corrected chi connectivity index (χ4v) is 8.62. The van der Waals surface area contributed by atoms with Gasteiger partial charge in [-0.15, -0.1) is 0 Å². The van der Waals surface area contributed by atoms with Gasteiger partial charge in [0.1, 0.15) is 0 Å². The van der Waals surface area contributed by atoms with Crippen molar-refractivity contribution >= 4 is 22.7 Å². The van der Waals surface area contributed by atoms with Gasteiger partial charge in [-0.2, -0.15) is 0 Å². The number of anilines is 4. The number of hydrogen-bond donors (Lipinski definition) is 0. The molecule has 3 atom stereocenters. The molecular formula is C48H50N2. The summed E-state index contributed by atoms with van der Waals surface area (Å²) in [6.45, 7) is 17.8. The quantitative estimate of drug-likeness (QED) is 0.191. The van der Waals surface area contributed by atoms with E-state index in [4.69, 9.17) is 0 Å². The van der Waals surface area contributed by atoms with Crippen molar-refractivity contribution in [3.05, 3.63) is 176 Å². The molecule has 2 heteroatoms. The number of nitrogens with zero attached hydrogens (tertiary/aromatic N) is 2. The minimum Gasteiger partial charge on any atom is -0.334 e. The standard InChI is InChI=1S/C48H50N2/c1-29-9-17-39(25-33(29)5)49(40-18-10-30(2)34(6)26-40)45-23-15-37-14-22-44-46(24-16-38-13-21-43(45)47(37)48(38)44)50(41-19-11-31(3)35(7)27-41)42-20-12-32(4)36(8)28-42/h9-13,15,17-21,23-28,38,43,45H,14,16,22H2,1-8H3. The minimum absolute atomic E-state index is 0.173. The second-order valence-electron chi connectivity index (χ2n) is 15.3. The second-order valence-corrected chi connectivity index (χ2v) is 15.3. The first-order valence-corrected chi connectivity index (χ1v) is 18.5. The molecule has 0 aromatic heterocycles. The van der Waals surface area contributed by atoms with Gasteiger partial charge in [0.25, 0.3) is 0 Å². The zero-order valence-electron chi connectivity index (χ0n) is 31.1. The van der Waals surface area contributed by atoms with E-state index < -0.39 is 0 Å². The highest BCUT2D eigenvalue weighted by atomic mass is 15.2. The summed E-state index contributed by atoms with van der Waals surface area (Å²) in [5.74, 6) is 0.691. The number of benzene rings is 4. The predicted octanol–water partition coefficient (Wildman–Crippen LogP) is 12.5. The van der Waals surface area contributed by atoms with Crippen LogP contribution in [0.1, 0.15) is 63.8 Å². The molecule has 0 radical (unpaired) electrons. The predicted molar refractivity (Wildman–Crippen MR) is 213 cm³/mol. The van der Waals surface area contributed by atoms with Crippen LogP contribution in [-0.4, -0.2) is 6.04 Å². The zero-order valence-corrected chi connectivity index (χ0v) is 31.1. The molecule has 3 unspecified atom stereocenters. The third-order valence-electron chi connectivity index (χ3n) is 12.2. The van der Waals surface area contributed by atoms with Crippen LogP contribution < -0.4 is 9.80 Å². The fourth-order valence-electron chi connectivity index (χ4n) is 8.62. The largest absolute Gasteiger partial charge is 0.334 e. The molecule has 0 aliphatic heterocycles. The molecule has 50 heavy (non-hydrogen) atoms. The topological polar surface area (TPSA) is 6.48 Å². The second kappa shape index (κ2) is 12.5. The van der Waals surface area contributed by atoms with Crippen molar-refractivity contribution in [3.8, 4) is 0 Å². The van der Waals surface area contributed by atoms with E-state index in [-0.39, 0.29) is 12.0 Å². The molecule has 0 fully saturated rings. The van der Waals surface area contributed by atoms with E-state index >= 15 is 0 Å². The lowest BCUT2D eigenvalue weighted by Crippen LogP contribution is -2.41. The molecule has 4 aliphatic rings. The molecule has 0 amide bonds. The fraction of sp³-hybridized carbons (Fsp3) is 0.292. The molecule has 2 nitrogen and oxygen atoms in total. The summed E-state index contributed by atoms with van der Waals surface area (Å²) in [5, 5.41) is 0. The van der Waals surface area contributed by atoms with Gasteiger partial charge in [0.2, 0.25) is 0 Å². The van der Waals surface area contributed by atoms with Gasteiger partial charge in [0.05, 0.1) is 6.04 Å². The Morgan fingerprint density at radius 3 is 1.52 bits per heavy atom. The van der Waals surface area contributed by atoms with Crippen molar-refractivity contribution in [3.63, 3.8) is 0 Å². The van der Waals surface area contributed by atoms with Gasteiger partial charge in [-0.25, -0.2) is 0 Å². The average Bonchev–Trinajstić information content (AvgIpc) is 3.11. The van der Waals surface area contributed by atoms with Gasteiger partial charge in [0, 0.05) is 40.3 Å². The molecule has 4 aromatic rings. The molecule has 0 saturated heterocycles. The van der Waals surface area contributed by atoms with Crippen LogP contribution >= 0.6 is 0 Å². The van der Waals surface area contributed by atoms with Crippen LogP contribution in [0.5, 0.6) is 0 Å². The molecule has 0 N–H and O–H groups in total. The van der Waals surface area contributed by atoms with Crippen molar-refractivity contribution in [2.24, 2.45) is 11.8 Å². The molecule has 4 aliphatic carbocycles. The molecule has 8 rings (SSSR count). The lowest BCUT2D eigenvalue weighted by molar-refractivity contribution is 0.562. The Labute approximate surface area is 299 Å². The van der Waals surface area contributed by atoms with Crippen LogP contribution in [0.25, 0.3) is 0 Å². The third kappa shape index (κ3) is 5.41. The summed E-state index contributed by atoms with van der Waals surface area (Å²) in [4.78, 5) is 5.17. The Hall–Kier alpha value is -4.82. The van der Waals surface area contributed by atoms with Gasteiger partial charge in [0.15, 0.2) is 0 Å². The summed E-state index contributed by atoms with van der Waals surface area (Å²) in [5.41, 5.74) is 23.3. The van der Waals surface area contributed by atoms with Crippen LogP contribution in [0.3, 0.4) is 0 Å². The van der Waals surface area contributed by atoms with Crippen LogP contribution in [0.2, 0.25) is 0 Å². The van der Waals surface area contributed by atoms with E-state index in [1.807, 2.05) is 0 Å². The Balaban J connectivity index is 1.27. The highest BCUT2D eigenvalue weighted by molar-refractivity contribution is 5.77. The Bertz CT molecular complexity index is 2100. The van der Waals surface area contributed by atoms with Gasteiger partial charge in [-0.05, 0) is 190 Å². The Morgan fingerprint density at radius 1 is 0.500 bits per heavy atom. The first-order chi connectivity index (χ1) is 24.1. The lowest BCUT2D eigenvalue weighted by Gasteiger charge is -2.47. The highest BCUT2D eigenvalue weighted by Crippen LogP contribution is 2.54. The first-order valence-electron chi connectivity index (χ1n) is 18.5. The maximum Gasteiger partial charge on any atom is 0.0628 e. The van der Waals surface area contributed by atoms with Crippen LogP contribution in [0.15, 0.2) is 131 Å². The van der Waals surface area contributed by atoms with Crippen molar-refractivity contribution in [2.45, 2.75) is 80.7 Å². The van der Waals surface area contributed by atoms with Crippen LogP contribution in [0.4, 0.5) is 22.7 Å². The van der Waals surface area contributed by atoms with Gasteiger partial charge in [-0.3, -0.25) is 0 Å². The summed E-state index contributed by atoms with van der Waals surface area (Å²) in [6.07, 6.45) is 15.8. The molecule has 0 heterocycles. The van der Waals surface area contributed by atoms with Gasteiger partial charge >= 0.3 is 0 Å². The summed E-state index contributed by atoms with van der Waals surface area (Å²) in [6, 6.07) is 28.1. The SMILES string of the molecule is Cc1ccc(N(C2=CCC3C=CC4C5=C(C=CC4N(c4ccc(C)c(C)c4)c4ccc(C)c(C)c4)CCC2=C53)c2ccc(C)c(C)c2)cc1C. The van der Waals surface area contributed by atoms with E-state index in [0.29, 0.717) is 5.92 Å². The number of rotatable bonds is 6. The Kier molecular flexibility index (Phi) is 8.10. The molecule has 4 aromatic carbocycles. The van der Waals surface area contributed by atoms with E-state index in [1.165, 1.54) is 84.1 Å². The molecular weight excluding hydrogens is 605 g/mol. The van der Waals surface area contributed by atoms with Gasteiger partial charge < -0.3 is 9.80 Å². The van der Waals surface area contributed by atoms with E-state index in [2.05, 4.69) is 168 Å². The van der Waals surface area contributed by atoms with Crippen LogP contribution in [0, 0.1) is 67.2 Å². The smallest absolute Gasteiger partial charge is 0.0628 e. The molecule has 0 saturated carbocycles. The summed E-state index contributed by atoms with van der Waals surface area (Å²) < 4.78 is 0. The first kappa shape index (κ1) is 32.4. The number of hydrogen-bond acceptors (Lipinski definition) is 2. The lowest BCUT2D eigenvalue weighted by atomic mass is 9.64. The number of allylic oxidation sites excluding steroid dienone is 6. The average molecular weight is 655 g/mol. The number of aryl methyl sites for hydroxylation is 8. The summed E-state index contributed by atoms with van der Waals surface area (Å²) in [7, 11) is 0. The highest BCUT2D eigenvalue weighted by Gasteiger charge is 2.42. The van der Waals surface area contributed by atoms with E-state index in [0.717, 1.165) is 19.3 Å².